The lowest BCUT2D eigenvalue weighted by Gasteiger charge is -1.92. The van der Waals surface area contributed by atoms with E-state index in [9.17, 15) is 0 Å². The molecular formula is C7H14N2O. The second kappa shape index (κ2) is 6.42. The third-order valence-corrected chi connectivity index (χ3v) is 0.946. The number of rotatable bonds is 4. The number of nitrogens with one attached hydrogen (secondary N) is 1. The summed E-state index contributed by atoms with van der Waals surface area (Å²) in [6.45, 7) is 2.38. The maximum atomic E-state index is 7.14. The molecule has 0 aromatic heterocycles. The standard InChI is InChI=1S/C7H14N2O/c1-3-4-5-9-7(8)6-10-2/h5,8H,3-4,6H2,1-2H3. The van der Waals surface area contributed by atoms with E-state index in [1.165, 1.54) is 0 Å². The zero-order valence-electron chi connectivity index (χ0n) is 6.55. The van der Waals surface area contributed by atoms with E-state index < -0.39 is 0 Å². The molecule has 0 spiro atoms. The number of amidine groups is 1. The van der Waals surface area contributed by atoms with Gasteiger partial charge in [0.05, 0.1) is 0 Å². The van der Waals surface area contributed by atoms with E-state index in [1.54, 1.807) is 13.3 Å². The molecule has 0 saturated carbocycles. The quantitative estimate of drug-likeness (QED) is 0.469. The van der Waals surface area contributed by atoms with Gasteiger partial charge >= 0.3 is 0 Å². The first-order chi connectivity index (χ1) is 4.81. The van der Waals surface area contributed by atoms with Crippen LogP contribution in [0.15, 0.2) is 4.99 Å². The highest BCUT2D eigenvalue weighted by Gasteiger charge is 1.87. The van der Waals surface area contributed by atoms with Gasteiger partial charge in [0, 0.05) is 13.3 Å². The highest BCUT2D eigenvalue weighted by atomic mass is 16.5. The molecule has 3 heteroatoms. The third kappa shape index (κ3) is 5.44. The Labute approximate surface area is 61.6 Å². The molecule has 0 aliphatic rings. The van der Waals surface area contributed by atoms with E-state index in [4.69, 9.17) is 10.1 Å². The molecular weight excluding hydrogens is 128 g/mol. The maximum Gasteiger partial charge on any atom is 0.146 e. The van der Waals surface area contributed by atoms with Crippen molar-refractivity contribution in [3.05, 3.63) is 0 Å². The molecule has 0 heterocycles. The molecule has 0 unspecified atom stereocenters. The van der Waals surface area contributed by atoms with Crippen LogP contribution in [0.3, 0.4) is 0 Å². The summed E-state index contributed by atoms with van der Waals surface area (Å²) in [5, 5.41) is 7.14. The second-order valence-corrected chi connectivity index (χ2v) is 1.98. The van der Waals surface area contributed by atoms with Crippen molar-refractivity contribution in [1.29, 1.82) is 5.41 Å². The first-order valence-corrected chi connectivity index (χ1v) is 3.40. The summed E-state index contributed by atoms with van der Waals surface area (Å²) in [6.07, 6.45) is 3.76. The van der Waals surface area contributed by atoms with Crippen molar-refractivity contribution in [3.8, 4) is 0 Å². The summed E-state index contributed by atoms with van der Waals surface area (Å²) < 4.78 is 4.70. The monoisotopic (exact) mass is 142 g/mol. The summed E-state index contributed by atoms with van der Waals surface area (Å²) in [7, 11) is 1.56. The predicted molar refractivity (Wildman–Crippen MR) is 43.0 cm³/mol. The highest BCUT2D eigenvalue weighted by Crippen LogP contribution is 1.82. The van der Waals surface area contributed by atoms with Crippen LogP contribution in [0.5, 0.6) is 0 Å². The first kappa shape index (κ1) is 9.30. The lowest BCUT2D eigenvalue weighted by molar-refractivity contribution is 0.244. The van der Waals surface area contributed by atoms with E-state index in [1.807, 2.05) is 0 Å². The fourth-order valence-corrected chi connectivity index (χ4v) is 0.478. The van der Waals surface area contributed by atoms with Gasteiger partial charge in [0.25, 0.3) is 0 Å². The molecule has 3 nitrogen and oxygen atoms in total. The van der Waals surface area contributed by atoms with Gasteiger partial charge in [0.1, 0.15) is 12.4 Å². The fourth-order valence-electron chi connectivity index (χ4n) is 0.478. The van der Waals surface area contributed by atoms with Crippen molar-refractivity contribution in [1.82, 2.24) is 0 Å². The second-order valence-electron chi connectivity index (χ2n) is 1.98. The van der Waals surface area contributed by atoms with Gasteiger partial charge in [-0.3, -0.25) is 5.41 Å². The van der Waals surface area contributed by atoms with Crippen molar-refractivity contribution in [2.75, 3.05) is 13.7 Å². The molecule has 0 aromatic carbocycles. The molecule has 1 N–H and O–H groups in total. The Morgan fingerprint density at radius 1 is 1.70 bits per heavy atom. The fraction of sp³-hybridized carbons (Fsp3) is 0.714. The minimum atomic E-state index is 0.288. The number of hydrogen-bond acceptors (Lipinski definition) is 2. The van der Waals surface area contributed by atoms with Gasteiger partial charge in [-0.1, -0.05) is 13.3 Å². The van der Waals surface area contributed by atoms with E-state index in [0.717, 1.165) is 12.8 Å². The van der Waals surface area contributed by atoms with Crippen molar-refractivity contribution in [2.45, 2.75) is 19.8 Å². The number of unbranched alkanes of at least 4 members (excludes halogenated alkanes) is 1. The van der Waals surface area contributed by atoms with Crippen LogP contribution in [0.25, 0.3) is 0 Å². The van der Waals surface area contributed by atoms with Gasteiger partial charge in [-0.25, -0.2) is 4.99 Å². The Balaban J connectivity index is 3.36. The van der Waals surface area contributed by atoms with Gasteiger partial charge < -0.3 is 4.74 Å². The van der Waals surface area contributed by atoms with Crippen LogP contribution in [0.4, 0.5) is 0 Å². The molecule has 0 atom stereocenters. The predicted octanol–water partition coefficient (Wildman–Crippen LogP) is 1.48. The zero-order valence-corrected chi connectivity index (χ0v) is 6.55. The first-order valence-electron chi connectivity index (χ1n) is 3.40. The average molecular weight is 142 g/mol. The number of hydrogen-bond donors (Lipinski definition) is 1. The molecule has 0 fully saturated rings. The molecule has 10 heavy (non-hydrogen) atoms. The Morgan fingerprint density at radius 3 is 2.90 bits per heavy atom. The number of methoxy groups -OCH3 is 1. The Morgan fingerprint density at radius 2 is 2.40 bits per heavy atom. The van der Waals surface area contributed by atoms with Gasteiger partial charge in [-0.05, 0) is 6.42 Å². The zero-order chi connectivity index (χ0) is 7.82. The lowest BCUT2D eigenvalue weighted by Crippen LogP contribution is -2.01. The molecule has 0 rings (SSSR count). The van der Waals surface area contributed by atoms with E-state index in [-0.39, 0.29) is 5.84 Å². The normalized spacial score (nSPS) is 10.6. The average Bonchev–Trinajstić information content (AvgIpc) is 1.89. The summed E-state index contributed by atoms with van der Waals surface area (Å²) in [6, 6.07) is 0. The van der Waals surface area contributed by atoms with Crippen molar-refractivity contribution in [2.24, 2.45) is 4.99 Å². The summed E-state index contributed by atoms with van der Waals surface area (Å²) in [4.78, 5) is 3.84. The topological polar surface area (TPSA) is 45.4 Å². The molecule has 0 aliphatic carbocycles. The van der Waals surface area contributed by atoms with E-state index >= 15 is 0 Å². The van der Waals surface area contributed by atoms with Gasteiger partial charge in [-0.2, -0.15) is 0 Å². The van der Waals surface area contributed by atoms with Crippen molar-refractivity contribution < 1.29 is 4.74 Å². The lowest BCUT2D eigenvalue weighted by atomic mass is 10.4. The molecule has 0 aromatic rings. The van der Waals surface area contributed by atoms with Crippen LogP contribution < -0.4 is 0 Å². The van der Waals surface area contributed by atoms with Crippen LogP contribution in [0.1, 0.15) is 19.8 Å². The largest absolute Gasteiger partial charge is 0.377 e. The minimum absolute atomic E-state index is 0.288. The Bertz CT molecular complexity index is 121. The smallest absolute Gasteiger partial charge is 0.146 e. The maximum absolute atomic E-state index is 7.14. The van der Waals surface area contributed by atoms with Gasteiger partial charge in [0.2, 0.25) is 0 Å². The van der Waals surface area contributed by atoms with E-state index in [0.29, 0.717) is 6.61 Å². The Hall–Kier alpha value is -0.700. The number of aliphatic imine (C=N–C) groups is 1. The van der Waals surface area contributed by atoms with Crippen LogP contribution in [0.2, 0.25) is 0 Å². The van der Waals surface area contributed by atoms with Gasteiger partial charge in [0.15, 0.2) is 0 Å². The van der Waals surface area contributed by atoms with E-state index in [2.05, 4.69) is 11.9 Å². The summed E-state index contributed by atoms with van der Waals surface area (Å²) in [5.41, 5.74) is 0. The molecule has 0 radical (unpaired) electrons. The molecule has 0 amide bonds. The molecule has 0 aliphatic heterocycles. The minimum Gasteiger partial charge on any atom is -0.377 e. The summed E-state index contributed by atoms with van der Waals surface area (Å²) >= 11 is 0. The SMILES string of the molecule is CCCC=NC(=N)COC. The van der Waals surface area contributed by atoms with Crippen molar-refractivity contribution >= 4 is 12.1 Å². The van der Waals surface area contributed by atoms with Crippen molar-refractivity contribution in [3.63, 3.8) is 0 Å². The summed E-state index contributed by atoms with van der Waals surface area (Å²) in [5.74, 6) is 0.288. The Kier molecular flexibility index (Phi) is 5.97. The number of nitrogens with zero attached hydrogens (tertiary/aromatic N) is 1. The van der Waals surface area contributed by atoms with Crippen LogP contribution >= 0.6 is 0 Å². The van der Waals surface area contributed by atoms with Crippen LogP contribution in [-0.2, 0) is 4.74 Å². The molecule has 0 saturated heterocycles. The van der Waals surface area contributed by atoms with Crippen LogP contribution in [0, 0.1) is 5.41 Å². The van der Waals surface area contributed by atoms with Crippen LogP contribution in [-0.4, -0.2) is 25.8 Å². The highest BCUT2D eigenvalue weighted by molar-refractivity contribution is 5.87. The molecule has 0 bridgehead atoms. The molecule has 58 valence electrons. The van der Waals surface area contributed by atoms with Gasteiger partial charge in [-0.15, -0.1) is 0 Å². The third-order valence-electron chi connectivity index (χ3n) is 0.946. The number of ether oxygens (including phenoxy) is 1.